The van der Waals surface area contributed by atoms with Crippen molar-refractivity contribution < 1.29 is 9.84 Å². The molecule has 1 unspecified atom stereocenters. The highest BCUT2D eigenvalue weighted by molar-refractivity contribution is 4.81. The molecular formula is C20H40O2. The number of aliphatic hydroxyl groups excluding tert-OH is 1. The minimum absolute atomic E-state index is 0.242. The van der Waals surface area contributed by atoms with Gasteiger partial charge in [0.05, 0.1) is 6.10 Å². The van der Waals surface area contributed by atoms with Crippen molar-refractivity contribution in [2.75, 3.05) is 13.2 Å². The molecule has 0 fully saturated rings. The van der Waals surface area contributed by atoms with Crippen molar-refractivity contribution in [2.24, 2.45) is 0 Å². The van der Waals surface area contributed by atoms with E-state index in [-0.39, 0.29) is 12.7 Å². The van der Waals surface area contributed by atoms with E-state index in [4.69, 9.17) is 9.84 Å². The van der Waals surface area contributed by atoms with Crippen molar-refractivity contribution >= 4 is 0 Å². The SMILES string of the molecule is CCCCCCCC/C=C\CCCCCC(CCO)OCC. The summed E-state index contributed by atoms with van der Waals surface area (Å²) in [7, 11) is 0. The first-order valence-electron chi connectivity index (χ1n) is 9.72. The van der Waals surface area contributed by atoms with Crippen LogP contribution in [0.5, 0.6) is 0 Å². The number of aliphatic hydroxyl groups is 1. The second-order valence-corrected chi connectivity index (χ2v) is 6.26. The van der Waals surface area contributed by atoms with Crippen molar-refractivity contribution in [3.8, 4) is 0 Å². The highest BCUT2D eigenvalue weighted by Crippen LogP contribution is 2.12. The summed E-state index contributed by atoms with van der Waals surface area (Å²) < 4.78 is 5.62. The molecule has 0 aromatic carbocycles. The lowest BCUT2D eigenvalue weighted by molar-refractivity contribution is 0.0368. The molecule has 0 aromatic rings. The van der Waals surface area contributed by atoms with Gasteiger partial charge in [-0.1, -0.05) is 64.0 Å². The van der Waals surface area contributed by atoms with Gasteiger partial charge in [0.25, 0.3) is 0 Å². The summed E-state index contributed by atoms with van der Waals surface area (Å²) >= 11 is 0. The maximum absolute atomic E-state index is 8.98. The van der Waals surface area contributed by atoms with E-state index >= 15 is 0 Å². The lowest BCUT2D eigenvalue weighted by Gasteiger charge is -2.15. The van der Waals surface area contributed by atoms with E-state index in [0.717, 1.165) is 19.4 Å². The molecule has 0 rings (SSSR count). The number of hydrogen-bond donors (Lipinski definition) is 1. The fourth-order valence-corrected chi connectivity index (χ4v) is 2.78. The molecule has 0 aliphatic carbocycles. The molecule has 0 bridgehead atoms. The minimum Gasteiger partial charge on any atom is -0.396 e. The highest BCUT2D eigenvalue weighted by atomic mass is 16.5. The van der Waals surface area contributed by atoms with Gasteiger partial charge < -0.3 is 9.84 Å². The van der Waals surface area contributed by atoms with Crippen LogP contribution in [0.3, 0.4) is 0 Å². The van der Waals surface area contributed by atoms with Crippen LogP contribution < -0.4 is 0 Å². The summed E-state index contributed by atoms with van der Waals surface area (Å²) in [4.78, 5) is 0. The number of hydrogen-bond acceptors (Lipinski definition) is 2. The van der Waals surface area contributed by atoms with Crippen molar-refractivity contribution in [2.45, 2.75) is 103 Å². The Kier molecular flexibility index (Phi) is 18.4. The monoisotopic (exact) mass is 312 g/mol. The zero-order valence-corrected chi connectivity index (χ0v) is 15.2. The van der Waals surface area contributed by atoms with Gasteiger partial charge in [-0.2, -0.15) is 0 Å². The lowest BCUT2D eigenvalue weighted by Crippen LogP contribution is -2.14. The quantitative estimate of drug-likeness (QED) is 0.262. The van der Waals surface area contributed by atoms with E-state index in [1.54, 1.807) is 0 Å². The van der Waals surface area contributed by atoms with Crippen LogP contribution in [-0.4, -0.2) is 24.4 Å². The maximum atomic E-state index is 8.98. The van der Waals surface area contributed by atoms with Gasteiger partial charge in [0.2, 0.25) is 0 Å². The third-order valence-electron chi connectivity index (χ3n) is 4.14. The molecule has 0 aromatic heterocycles. The van der Waals surface area contributed by atoms with E-state index in [1.807, 2.05) is 6.92 Å². The molecular weight excluding hydrogens is 272 g/mol. The molecule has 0 saturated carbocycles. The number of rotatable bonds is 17. The minimum atomic E-state index is 0.242. The Balaban J connectivity index is 3.28. The third kappa shape index (κ3) is 16.0. The van der Waals surface area contributed by atoms with Crippen LogP contribution in [0, 0.1) is 0 Å². The van der Waals surface area contributed by atoms with E-state index in [0.29, 0.717) is 0 Å². The molecule has 0 spiro atoms. The largest absolute Gasteiger partial charge is 0.396 e. The Morgan fingerprint density at radius 3 is 1.95 bits per heavy atom. The van der Waals surface area contributed by atoms with Crippen LogP contribution in [-0.2, 0) is 4.74 Å². The maximum Gasteiger partial charge on any atom is 0.0596 e. The summed E-state index contributed by atoms with van der Waals surface area (Å²) in [5, 5.41) is 8.98. The zero-order chi connectivity index (χ0) is 16.3. The van der Waals surface area contributed by atoms with Crippen LogP contribution in [0.4, 0.5) is 0 Å². The molecule has 0 aliphatic heterocycles. The van der Waals surface area contributed by atoms with Gasteiger partial charge in [-0.3, -0.25) is 0 Å². The lowest BCUT2D eigenvalue weighted by atomic mass is 10.1. The van der Waals surface area contributed by atoms with Crippen LogP contribution >= 0.6 is 0 Å². The topological polar surface area (TPSA) is 29.5 Å². The smallest absolute Gasteiger partial charge is 0.0596 e. The Hall–Kier alpha value is -0.340. The molecule has 1 N–H and O–H groups in total. The third-order valence-corrected chi connectivity index (χ3v) is 4.14. The van der Waals surface area contributed by atoms with Crippen LogP contribution in [0.2, 0.25) is 0 Å². The Morgan fingerprint density at radius 1 is 0.773 bits per heavy atom. The number of allylic oxidation sites excluding steroid dienone is 2. The van der Waals surface area contributed by atoms with E-state index in [9.17, 15) is 0 Å². The second-order valence-electron chi connectivity index (χ2n) is 6.26. The van der Waals surface area contributed by atoms with Crippen molar-refractivity contribution in [3.63, 3.8) is 0 Å². The van der Waals surface area contributed by atoms with Crippen LogP contribution in [0.25, 0.3) is 0 Å². The Labute approximate surface area is 139 Å². The van der Waals surface area contributed by atoms with Crippen molar-refractivity contribution in [1.82, 2.24) is 0 Å². The molecule has 2 nitrogen and oxygen atoms in total. The first-order chi connectivity index (χ1) is 10.8. The average Bonchev–Trinajstić information content (AvgIpc) is 2.52. The van der Waals surface area contributed by atoms with Gasteiger partial charge in [-0.15, -0.1) is 0 Å². The average molecular weight is 313 g/mol. The summed E-state index contributed by atoms with van der Waals surface area (Å²) in [5.74, 6) is 0. The van der Waals surface area contributed by atoms with Gasteiger partial charge >= 0.3 is 0 Å². The molecule has 0 aliphatic rings. The molecule has 132 valence electrons. The predicted octanol–water partition coefficient (Wildman–Crippen LogP) is 6.03. The van der Waals surface area contributed by atoms with E-state index in [1.165, 1.54) is 70.6 Å². The first kappa shape index (κ1) is 21.7. The van der Waals surface area contributed by atoms with Gasteiger partial charge in [0.15, 0.2) is 0 Å². The molecule has 2 heteroatoms. The molecule has 22 heavy (non-hydrogen) atoms. The molecule has 1 atom stereocenters. The van der Waals surface area contributed by atoms with Gasteiger partial charge in [0.1, 0.15) is 0 Å². The molecule has 0 heterocycles. The van der Waals surface area contributed by atoms with E-state index in [2.05, 4.69) is 19.1 Å². The normalized spacial score (nSPS) is 13.0. The Morgan fingerprint density at radius 2 is 1.36 bits per heavy atom. The van der Waals surface area contributed by atoms with Crippen molar-refractivity contribution in [1.29, 1.82) is 0 Å². The second kappa shape index (κ2) is 18.7. The fraction of sp³-hybridized carbons (Fsp3) is 0.900. The zero-order valence-electron chi connectivity index (χ0n) is 15.2. The summed E-state index contributed by atoms with van der Waals surface area (Å²) in [6.45, 7) is 5.29. The fourth-order valence-electron chi connectivity index (χ4n) is 2.78. The summed E-state index contributed by atoms with van der Waals surface area (Å²) in [6.07, 6.45) is 21.4. The predicted molar refractivity (Wildman–Crippen MR) is 97.3 cm³/mol. The molecule has 0 amide bonds. The van der Waals surface area contributed by atoms with Gasteiger partial charge in [-0.05, 0) is 45.4 Å². The molecule has 0 radical (unpaired) electrons. The van der Waals surface area contributed by atoms with Crippen LogP contribution in [0.1, 0.15) is 97.3 Å². The van der Waals surface area contributed by atoms with E-state index < -0.39 is 0 Å². The number of ether oxygens (including phenoxy) is 1. The standard InChI is InChI=1S/C20H40O2/c1-3-5-6-7-8-9-10-11-12-13-14-15-16-17-20(18-19-21)22-4-2/h11-12,20-21H,3-10,13-19H2,1-2H3/b12-11-. The number of unbranched alkanes of at least 4 members (excludes halogenated alkanes) is 9. The first-order valence-corrected chi connectivity index (χ1v) is 9.72. The Bertz CT molecular complexity index is 220. The van der Waals surface area contributed by atoms with Gasteiger partial charge in [-0.25, -0.2) is 0 Å². The summed E-state index contributed by atoms with van der Waals surface area (Å²) in [6, 6.07) is 0. The van der Waals surface area contributed by atoms with Gasteiger partial charge in [0, 0.05) is 13.2 Å². The highest BCUT2D eigenvalue weighted by Gasteiger charge is 2.06. The molecule has 0 saturated heterocycles. The van der Waals surface area contributed by atoms with Crippen molar-refractivity contribution in [3.05, 3.63) is 12.2 Å². The van der Waals surface area contributed by atoms with Crippen LogP contribution in [0.15, 0.2) is 12.2 Å². The summed E-state index contributed by atoms with van der Waals surface area (Å²) in [5.41, 5.74) is 0.